The van der Waals surface area contributed by atoms with Crippen molar-refractivity contribution < 1.29 is 14.1 Å². The number of nitrogens with one attached hydrogen (secondary N) is 1. The van der Waals surface area contributed by atoms with Crippen LogP contribution in [0.2, 0.25) is 0 Å². The Morgan fingerprint density at radius 2 is 1.83 bits per heavy atom. The van der Waals surface area contributed by atoms with Crippen molar-refractivity contribution in [1.29, 1.82) is 0 Å². The van der Waals surface area contributed by atoms with Gasteiger partial charge >= 0.3 is 7.12 Å². The van der Waals surface area contributed by atoms with Crippen molar-refractivity contribution in [3.63, 3.8) is 0 Å². The van der Waals surface area contributed by atoms with E-state index in [9.17, 15) is 4.79 Å². The Morgan fingerprint density at radius 1 is 1.22 bits per heavy atom. The van der Waals surface area contributed by atoms with Gasteiger partial charge in [0.25, 0.3) is 5.91 Å². The number of rotatable bonds is 5. The van der Waals surface area contributed by atoms with E-state index in [1.165, 1.54) is 0 Å². The minimum atomic E-state index is -0.460. The summed E-state index contributed by atoms with van der Waals surface area (Å²) < 4.78 is 11.9. The normalized spacial score (nSPS) is 19.2. The molecule has 0 aliphatic carbocycles. The second-order valence-electron chi connectivity index (χ2n) is 7.12. The third kappa shape index (κ3) is 4.10. The molecule has 126 valence electrons. The maximum atomic E-state index is 12.0. The van der Waals surface area contributed by atoms with Crippen LogP contribution in [0, 0.1) is 0 Å². The molecule has 1 amide bonds. The smallest absolute Gasteiger partial charge is 0.399 e. The third-order valence-corrected chi connectivity index (χ3v) is 4.39. The monoisotopic (exact) mass is 319 g/mol. The summed E-state index contributed by atoms with van der Waals surface area (Å²) in [6, 6.07) is 3.53. The molecule has 2 heterocycles. The zero-order valence-electron chi connectivity index (χ0n) is 14.8. The van der Waals surface area contributed by atoms with Crippen molar-refractivity contribution in [2.75, 3.05) is 27.2 Å². The summed E-state index contributed by atoms with van der Waals surface area (Å²) in [6.45, 7) is 9.41. The molecular formula is C16H26BN3O3. The van der Waals surface area contributed by atoms with Crippen molar-refractivity contribution in [3.05, 3.63) is 24.0 Å². The van der Waals surface area contributed by atoms with Gasteiger partial charge < -0.3 is 19.5 Å². The first-order valence-corrected chi connectivity index (χ1v) is 7.87. The van der Waals surface area contributed by atoms with E-state index in [0.29, 0.717) is 12.2 Å². The number of hydrogen-bond donors (Lipinski definition) is 1. The summed E-state index contributed by atoms with van der Waals surface area (Å²) in [4.78, 5) is 18.3. The maximum absolute atomic E-state index is 12.0. The first-order chi connectivity index (χ1) is 10.6. The molecule has 1 aliphatic rings. The molecule has 6 nitrogen and oxygen atoms in total. The largest absolute Gasteiger partial charge is 0.496 e. The molecule has 2 rings (SSSR count). The first-order valence-electron chi connectivity index (χ1n) is 7.87. The molecule has 7 heteroatoms. The number of carbonyl (C=O) groups is 1. The predicted octanol–water partition coefficient (Wildman–Crippen LogP) is 0.672. The van der Waals surface area contributed by atoms with Gasteiger partial charge in [0.2, 0.25) is 0 Å². The number of carbonyl (C=O) groups excluding carboxylic acids is 1. The average molecular weight is 319 g/mol. The fourth-order valence-electron chi connectivity index (χ4n) is 2.14. The van der Waals surface area contributed by atoms with Crippen LogP contribution in [0.4, 0.5) is 0 Å². The lowest BCUT2D eigenvalue weighted by molar-refractivity contribution is 0.00578. The minimum Gasteiger partial charge on any atom is -0.399 e. The highest BCUT2D eigenvalue weighted by molar-refractivity contribution is 6.62. The summed E-state index contributed by atoms with van der Waals surface area (Å²) in [5, 5.41) is 2.84. The predicted molar refractivity (Wildman–Crippen MR) is 90.8 cm³/mol. The number of hydrogen-bond acceptors (Lipinski definition) is 5. The fourth-order valence-corrected chi connectivity index (χ4v) is 2.14. The lowest BCUT2D eigenvalue weighted by atomic mass is 9.80. The topological polar surface area (TPSA) is 63.7 Å². The second-order valence-corrected chi connectivity index (χ2v) is 7.12. The van der Waals surface area contributed by atoms with Gasteiger partial charge in [-0.15, -0.1) is 0 Å². The number of nitrogens with zero attached hydrogens (tertiary/aromatic N) is 2. The summed E-state index contributed by atoms with van der Waals surface area (Å²) in [5.74, 6) is -0.174. The molecule has 23 heavy (non-hydrogen) atoms. The van der Waals surface area contributed by atoms with Gasteiger partial charge in [-0.3, -0.25) is 9.78 Å². The van der Waals surface area contributed by atoms with Crippen LogP contribution in [0.25, 0.3) is 0 Å². The molecule has 0 bridgehead atoms. The standard InChI is InChI=1S/C16H26BN3O3/c1-15(2)16(3,4)23-17(22-15)12-7-8-13(19-11-12)14(21)18-9-10-20(5)6/h7-8,11H,9-10H2,1-6H3,(H,18,21). The van der Waals surface area contributed by atoms with Crippen LogP contribution in [0.5, 0.6) is 0 Å². The molecule has 0 atom stereocenters. The molecule has 1 fully saturated rings. The lowest BCUT2D eigenvalue weighted by Crippen LogP contribution is -2.41. The van der Waals surface area contributed by atoms with Gasteiger partial charge in [-0.2, -0.15) is 0 Å². The van der Waals surface area contributed by atoms with Crippen molar-refractivity contribution in [3.8, 4) is 0 Å². The molecule has 1 aliphatic heterocycles. The Bertz CT molecular complexity index is 542. The maximum Gasteiger partial charge on any atom is 0.496 e. The van der Waals surface area contributed by atoms with E-state index in [4.69, 9.17) is 9.31 Å². The Labute approximate surface area is 138 Å². The highest BCUT2D eigenvalue weighted by Gasteiger charge is 2.51. The second kappa shape index (κ2) is 6.59. The van der Waals surface area contributed by atoms with E-state index in [-0.39, 0.29) is 17.1 Å². The van der Waals surface area contributed by atoms with Crippen LogP contribution in [0.1, 0.15) is 38.2 Å². The molecular weight excluding hydrogens is 293 g/mol. The van der Waals surface area contributed by atoms with Gasteiger partial charge in [-0.05, 0) is 47.9 Å². The Morgan fingerprint density at radius 3 is 2.30 bits per heavy atom. The van der Waals surface area contributed by atoms with Gasteiger partial charge in [0, 0.05) is 24.7 Å². The molecule has 1 N–H and O–H groups in total. The first kappa shape index (κ1) is 17.9. The average Bonchev–Trinajstić information content (AvgIpc) is 2.67. The number of pyridine rings is 1. The molecule has 0 aromatic carbocycles. The van der Waals surface area contributed by atoms with E-state index in [0.717, 1.165) is 12.0 Å². The lowest BCUT2D eigenvalue weighted by Gasteiger charge is -2.32. The van der Waals surface area contributed by atoms with Crippen molar-refractivity contribution >= 4 is 18.5 Å². The Balaban J connectivity index is 1.99. The number of amides is 1. The van der Waals surface area contributed by atoms with Gasteiger partial charge in [0.15, 0.2) is 0 Å². The van der Waals surface area contributed by atoms with Crippen LogP contribution in [0.3, 0.4) is 0 Å². The Hall–Kier alpha value is -1.44. The van der Waals surface area contributed by atoms with Gasteiger partial charge in [0.05, 0.1) is 11.2 Å². The number of likely N-dealkylation sites (N-methyl/N-ethyl adjacent to an activating group) is 1. The van der Waals surface area contributed by atoms with E-state index in [1.807, 2.05) is 52.8 Å². The molecule has 0 spiro atoms. The van der Waals surface area contributed by atoms with Crippen molar-refractivity contribution in [2.24, 2.45) is 0 Å². The van der Waals surface area contributed by atoms with Crippen LogP contribution in [-0.4, -0.2) is 61.3 Å². The van der Waals surface area contributed by atoms with Crippen LogP contribution < -0.4 is 10.8 Å². The summed E-state index contributed by atoms with van der Waals surface area (Å²) >= 11 is 0. The molecule has 0 unspecified atom stereocenters. The zero-order chi connectivity index (χ0) is 17.3. The summed E-state index contributed by atoms with van der Waals surface area (Å²) in [6.07, 6.45) is 1.64. The van der Waals surface area contributed by atoms with Gasteiger partial charge in [-0.25, -0.2) is 0 Å². The van der Waals surface area contributed by atoms with E-state index >= 15 is 0 Å². The quantitative estimate of drug-likeness (QED) is 0.809. The highest BCUT2D eigenvalue weighted by Crippen LogP contribution is 2.36. The van der Waals surface area contributed by atoms with Crippen LogP contribution in [0.15, 0.2) is 18.3 Å². The summed E-state index contributed by atoms with van der Waals surface area (Å²) in [5.41, 5.74) is 0.428. The SMILES string of the molecule is CN(C)CCNC(=O)c1ccc(B2OC(C)(C)C(C)(C)O2)cn1. The third-order valence-electron chi connectivity index (χ3n) is 4.39. The van der Waals surface area contributed by atoms with E-state index < -0.39 is 7.12 Å². The van der Waals surface area contributed by atoms with E-state index in [2.05, 4.69) is 10.3 Å². The van der Waals surface area contributed by atoms with Crippen LogP contribution in [-0.2, 0) is 9.31 Å². The molecule has 1 aromatic rings. The minimum absolute atomic E-state index is 0.174. The van der Waals surface area contributed by atoms with Crippen molar-refractivity contribution in [1.82, 2.24) is 15.2 Å². The highest BCUT2D eigenvalue weighted by atomic mass is 16.7. The zero-order valence-corrected chi connectivity index (χ0v) is 14.8. The van der Waals surface area contributed by atoms with Crippen LogP contribution >= 0.6 is 0 Å². The Kier molecular flexibility index (Phi) is 5.13. The molecule has 0 radical (unpaired) electrons. The summed E-state index contributed by atoms with van der Waals surface area (Å²) in [7, 11) is 3.46. The molecule has 1 saturated heterocycles. The van der Waals surface area contributed by atoms with Gasteiger partial charge in [-0.1, -0.05) is 6.07 Å². The number of aromatic nitrogens is 1. The molecule has 0 saturated carbocycles. The fraction of sp³-hybridized carbons (Fsp3) is 0.625. The van der Waals surface area contributed by atoms with Crippen molar-refractivity contribution in [2.45, 2.75) is 38.9 Å². The molecule has 1 aromatic heterocycles. The van der Waals surface area contributed by atoms with Gasteiger partial charge in [0.1, 0.15) is 5.69 Å². The van der Waals surface area contributed by atoms with E-state index in [1.54, 1.807) is 12.3 Å².